The number of likely N-dealkylation sites (N-methyl/N-ethyl adjacent to an activating group) is 1. The van der Waals surface area contributed by atoms with Crippen molar-refractivity contribution in [2.45, 2.75) is 51.1 Å². The van der Waals surface area contributed by atoms with E-state index in [0.717, 1.165) is 38.9 Å². The van der Waals surface area contributed by atoms with Gasteiger partial charge in [0.15, 0.2) is 0 Å². The summed E-state index contributed by atoms with van der Waals surface area (Å²) >= 11 is 0. The molecule has 28 heavy (non-hydrogen) atoms. The van der Waals surface area contributed by atoms with E-state index in [4.69, 9.17) is 0 Å². The SMILES string of the molecule is CCN1CCC[C@@H](CN(C)CC(=O)NC(C)(C#N)C2CC2)[C@@H]1c1cnn(C)c1. The van der Waals surface area contributed by atoms with Crippen molar-refractivity contribution in [1.29, 1.82) is 5.26 Å². The maximum absolute atomic E-state index is 12.5. The van der Waals surface area contributed by atoms with Gasteiger partial charge < -0.3 is 5.32 Å². The molecular formula is C21H34N6O. The van der Waals surface area contributed by atoms with E-state index in [1.807, 2.05) is 31.9 Å². The van der Waals surface area contributed by atoms with E-state index in [1.165, 1.54) is 12.0 Å². The lowest BCUT2D eigenvalue weighted by Gasteiger charge is -2.42. The minimum atomic E-state index is -0.722. The number of piperidine rings is 1. The molecule has 0 radical (unpaired) electrons. The van der Waals surface area contributed by atoms with Crippen LogP contribution in [0.5, 0.6) is 0 Å². The van der Waals surface area contributed by atoms with Crippen LogP contribution in [-0.4, -0.2) is 64.3 Å². The first-order valence-electron chi connectivity index (χ1n) is 10.5. The summed E-state index contributed by atoms with van der Waals surface area (Å²) in [5.41, 5.74) is 0.540. The maximum Gasteiger partial charge on any atom is 0.235 e. The number of amides is 1. The van der Waals surface area contributed by atoms with Crippen LogP contribution in [0.3, 0.4) is 0 Å². The van der Waals surface area contributed by atoms with Crippen LogP contribution in [0, 0.1) is 23.2 Å². The van der Waals surface area contributed by atoms with E-state index in [2.05, 4.69) is 39.4 Å². The van der Waals surface area contributed by atoms with Crippen LogP contribution < -0.4 is 5.32 Å². The molecule has 2 heterocycles. The summed E-state index contributed by atoms with van der Waals surface area (Å²) < 4.78 is 1.87. The molecule has 1 aromatic rings. The summed E-state index contributed by atoms with van der Waals surface area (Å²) in [6.07, 6.45) is 8.49. The first kappa shape index (κ1) is 20.8. The number of nitrogens with one attached hydrogen (secondary N) is 1. The standard InChI is InChI=1S/C21H34N6O/c1-5-27-10-6-7-16(20(27)17-11-23-26(4)13-17)12-25(3)14-19(28)24-21(2,15-22)18-8-9-18/h11,13,16,18,20H,5-10,12,14H2,1-4H3,(H,24,28)/t16-,20+,21?/m0/s1. The quantitative estimate of drug-likeness (QED) is 0.739. The molecule has 7 heteroatoms. The number of rotatable bonds is 8. The fraction of sp³-hybridized carbons (Fsp3) is 0.762. The van der Waals surface area contributed by atoms with Gasteiger partial charge in [-0.25, -0.2) is 0 Å². The summed E-state index contributed by atoms with van der Waals surface area (Å²) in [6, 6.07) is 2.65. The van der Waals surface area contributed by atoms with Crippen molar-refractivity contribution >= 4 is 5.91 Å². The maximum atomic E-state index is 12.5. The van der Waals surface area contributed by atoms with Crippen molar-refractivity contribution in [3.8, 4) is 6.07 Å². The fourth-order valence-corrected chi connectivity index (χ4v) is 4.69. The Morgan fingerprint density at radius 2 is 2.21 bits per heavy atom. The van der Waals surface area contributed by atoms with Crippen LogP contribution in [0.2, 0.25) is 0 Å². The zero-order valence-electron chi connectivity index (χ0n) is 17.7. The molecule has 3 atom stereocenters. The second-order valence-electron chi connectivity index (χ2n) is 8.76. The van der Waals surface area contributed by atoms with Crippen molar-refractivity contribution < 1.29 is 4.79 Å². The molecule has 0 bridgehead atoms. The fourth-order valence-electron chi connectivity index (χ4n) is 4.69. The van der Waals surface area contributed by atoms with Crippen molar-refractivity contribution in [3.63, 3.8) is 0 Å². The average molecular weight is 387 g/mol. The molecule has 7 nitrogen and oxygen atoms in total. The van der Waals surface area contributed by atoms with Crippen molar-refractivity contribution in [2.75, 3.05) is 33.2 Å². The van der Waals surface area contributed by atoms with Gasteiger partial charge in [-0.15, -0.1) is 0 Å². The largest absolute Gasteiger partial charge is 0.337 e. The molecule has 2 fully saturated rings. The highest BCUT2D eigenvalue weighted by atomic mass is 16.2. The minimum absolute atomic E-state index is 0.0560. The molecule has 0 aromatic carbocycles. The van der Waals surface area contributed by atoms with Gasteiger partial charge in [0.25, 0.3) is 0 Å². The number of nitrogens with zero attached hydrogens (tertiary/aromatic N) is 5. The third-order valence-electron chi connectivity index (χ3n) is 6.32. The highest BCUT2D eigenvalue weighted by Gasteiger charge is 2.43. The van der Waals surface area contributed by atoms with Gasteiger partial charge >= 0.3 is 0 Å². The summed E-state index contributed by atoms with van der Waals surface area (Å²) in [5, 5.41) is 16.8. The van der Waals surface area contributed by atoms with Gasteiger partial charge in [0.05, 0.1) is 18.8 Å². The number of hydrogen-bond donors (Lipinski definition) is 1. The van der Waals surface area contributed by atoms with Crippen LogP contribution in [0.15, 0.2) is 12.4 Å². The van der Waals surface area contributed by atoms with Gasteiger partial charge in [0, 0.05) is 31.4 Å². The predicted molar refractivity (Wildman–Crippen MR) is 108 cm³/mol. The summed E-state index contributed by atoms with van der Waals surface area (Å²) in [5.74, 6) is 0.708. The van der Waals surface area contributed by atoms with E-state index in [0.29, 0.717) is 24.4 Å². The van der Waals surface area contributed by atoms with Crippen LogP contribution in [0.1, 0.15) is 51.1 Å². The van der Waals surface area contributed by atoms with Gasteiger partial charge in [-0.2, -0.15) is 10.4 Å². The Morgan fingerprint density at radius 1 is 1.46 bits per heavy atom. The van der Waals surface area contributed by atoms with E-state index >= 15 is 0 Å². The van der Waals surface area contributed by atoms with Gasteiger partial charge in [0.2, 0.25) is 5.91 Å². The number of carbonyl (C=O) groups excluding carboxylic acids is 1. The lowest BCUT2D eigenvalue weighted by atomic mass is 9.85. The molecule has 1 unspecified atom stereocenters. The Labute approximate surface area is 168 Å². The molecule has 1 N–H and O–H groups in total. The zero-order chi connectivity index (χ0) is 20.3. The number of likely N-dealkylation sites (tertiary alicyclic amines) is 1. The van der Waals surface area contributed by atoms with Crippen molar-refractivity contribution in [1.82, 2.24) is 24.9 Å². The first-order valence-corrected chi connectivity index (χ1v) is 10.5. The predicted octanol–water partition coefficient (Wildman–Crippen LogP) is 1.93. The zero-order valence-corrected chi connectivity index (χ0v) is 17.7. The van der Waals surface area contributed by atoms with E-state index in [9.17, 15) is 10.1 Å². The molecule has 1 aliphatic carbocycles. The number of aryl methyl sites for hydroxylation is 1. The molecule has 1 saturated carbocycles. The molecular weight excluding hydrogens is 352 g/mol. The Hall–Kier alpha value is -1.91. The second kappa shape index (κ2) is 8.62. The normalized spacial score (nSPS) is 25.3. The average Bonchev–Trinajstić information content (AvgIpc) is 3.43. The highest BCUT2D eigenvalue weighted by molar-refractivity contribution is 5.79. The third-order valence-corrected chi connectivity index (χ3v) is 6.32. The minimum Gasteiger partial charge on any atom is -0.337 e. The lowest BCUT2D eigenvalue weighted by Crippen LogP contribution is -2.50. The molecule has 1 amide bonds. The molecule has 154 valence electrons. The van der Waals surface area contributed by atoms with Crippen LogP contribution in [-0.2, 0) is 11.8 Å². The van der Waals surface area contributed by atoms with Crippen LogP contribution in [0.25, 0.3) is 0 Å². The number of hydrogen-bond acceptors (Lipinski definition) is 5. The van der Waals surface area contributed by atoms with Gasteiger partial charge in [0.1, 0.15) is 5.54 Å². The van der Waals surface area contributed by atoms with Crippen molar-refractivity contribution in [2.24, 2.45) is 18.9 Å². The Balaban J connectivity index is 1.61. The molecule has 0 spiro atoms. The monoisotopic (exact) mass is 386 g/mol. The van der Waals surface area contributed by atoms with Gasteiger partial charge in [-0.05, 0) is 64.6 Å². The number of nitriles is 1. The lowest BCUT2D eigenvalue weighted by molar-refractivity contribution is -0.123. The Bertz CT molecular complexity index is 721. The van der Waals surface area contributed by atoms with E-state index < -0.39 is 5.54 Å². The molecule has 1 aromatic heterocycles. The summed E-state index contributed by atoms with van der Waals surface area (Å²) in [4.78, 5) is 17.2. The van der Waals surface area contributed by atoms with E-state index in [1.54, 1.807) is 0 Å². The first-order chi connectivity index (χ1) is 13.4. The number of carbonyl (C=O) groups is 1. The summed E-state index contributed by atoms with van der Waals surface area (Å²) in [7, 11) is 3.96. The number of aromatic nitrogens is 2. The second-order valence-corrected chi connectivity index (χ2v) is 8.76. The Kier molecular flexibility index (Phi) is 6.41. The third kappa shape index (κ3) is 4.73. The highest BCUT2D eigenvalue weighted by Crippen LogP contribution is 2.39. The molecule has 1 aliphatic heterocycles. The molecule has 1 saturated heterocycles. The Morgan fingerprint density at radius 3 is 2.79 bits per heavy atom. The smallest absolute Gasteiger partial charge is 0.235 e. The summed E-state index contributed by atoms with van der Waals surface area (Å²) in [6.45, 7) is 7.37. The molecule has 2 aliphatic rings. The van der Waals surface area contributed by atoms with E-state index in [-0.39, 0.29) is 5.91 Å². The van der Waals surface area contributed by atoms with Gasteiger partial charge in [-0.1, -0.05) is 6.92 Å². The topological polar surface area (TPSA) is 77.2 Å². The van der Waals surface area contributed by atoms with Crippen molar-refractivity contribution in [3.05, 3.63) is 18.0 Å². The van der Waals surface area contributed by atoms with Crippen LogP contribution in [0.4, 0.5) is 0 Å². The van der Waals surface area contributed by atoms with Crippen LogP contribution >= 0.6 is 0 Å². The molecule has 3 rings (SSSR count). The van der Waals surface area contributed by atoms with Gasteiger partial charge in [-0.3, -0.25) is 19.3 Å².